The van der Waals surface area contributed by atoms with Crippen LogP contribution in [0, 0.1) is 0 Å². The van der Waals surface area contributed by atoms with Crippen LogP contribution in [0.25, 0.3) is 11.0 Å². The van der Waals surface area contributed by atoms with Crippen LogP contribution in [0.2, 0.25) is 5.02 Å². The van der Waals surface area contributed by atoms with Crippen LogP contribution in [0.3, 0.4) is 0 Å². The number of fused-ring (bicyclic) bond motifs is 1. The Morgan fingerprint density at radius 2 is 2.11 bits per heavy atom. The molecule has 1 fully saturated rings. The van der Waals surface area contributed by atoms with Crippen molar-refractivity contribution in [1.82, 2.24) is 5.32 Å². The SMILES string of the molecule is CC(NC1CC1)C(C)c1cc2cccc(Cl)c2o1. The highest BCUT2D eigenvalue weighted by Crippen LogP contribution is 2.32. The lowest BCUT2D eigenvalue weighted by Crippen LogP contribution is -2.32. The molecule has 1 aliphatic carbocycles. The molecule has 1 aromatic heterocycles. The minimum atomic E-state index is 0.356. The molecule has 1 heterocycles. The maximum Gasteiger partial charge on any atom is 0.152 e. The number of hydrogen-bond acceptors (Lipinski definition) is 2. The molecule has 0 spiro atoms. The maximum atomic E-state index is 6.14. The molecule has 2 aromatic rings. The maximum absolute atomic E-state index is 6.14. The molecule has 0 bridgehead atoms. The standard InChI is InChI=1S/C15H18ClNO/c1-9(10(2)17-12-6-7-12)14-8-11-4-3-5-13(16)15(11)18-14/h3-5,8-10,12,17H,6-7H2,1-2H3. The summed E-state index contributed by atoms with van der Waals surface area (Å²) < 4.78 is 5.91. The van der Waals surface area contributed by atoms with Crippen molar-refractivity contribution in [1.29, 1.82) is 0 Å². The third-order valence-electron chi connectivity index (χ3n) is 3.79. The van der Waals surface area contributed by atoms with Gasteiger partial charge in [-0.05, 0) is 31.9 Å². The summed E-state index contributed by atoms with van der Waals surface area (Å²) in [6.45, 7) is 4.42. The summed E-state index contributed by atoms with van der Waals surface area (Å²) in [6.07, 6.45) is 2.62. The van der Waals surface area contributed by atoms with Crippen molar-refractivity contribution in [3.63, 3.8) is 0 Å². The second kappa shape index (κ2) is 4.60. The molecule has 18 heavy (non-hydrogen) atoms. The second-order valence-electron chi connectivity index (χ2n) is 5.33. The predicted molar refractivity (Wildman–Crippen MR) is 75.3 cm³/mol. The Balaban J connectivity index is 1.86. The minimum absolute atomic E-state index is 0.356. The van der Waals surface area contributed by atoms with E-state index in [0.29, 0.717) is 17.0 Å². The van der Waals surface area contributed by atoms with Crippen LogP contribution in [-0.2, 0) is 0 Å². The molecule has 0 amide bonds. The van der Waals surface area contributed by atoms with Crippen molar-refractivity contribution in [2.75, 3.05) is 0 Å². The molecular formula is C15H18ClNO. The van der Waals surface area contributed by atoms with Gasteiger partial charge in [-0.25, -0.2) is 0 Å². The number of benzene rings is 1. The van der Waals surface area contributed by atoms with E-state index in [1.807, 2.05) is 18.2 Å². The van der Waals surface area contributed by atoms with Crippen molar-refractivity contribution >= 4 is 22.6 Å². The van der Waals surface area contributed by atoms with E-state index in [-0.39, 0.29) is 0 Å². The Bertz CT molecular complexity index is 559. The quantitative estimate of drug-likeness (QED) is 0.888. The Kier molecular flexibility index (Phi) is 3.08. The lowest BCUT2D eigenvalue weighted by Gasteiger charge is -2.19. The third kappa shape index (κ3) is 2.27. The van der Waals surface area contributed by atoms with Crippen LogP contribution in [0.15, 0.2) is 28.7 Å². The zero-order valence-electron chi connectivity index (χ0n) is 10.7. The largest absolute Gasteiger partial charge is 0.459 e. The molecule has 0 saturated heterocycles. The second-order valence-corrected chi connectivity index (χ2v) is 5.73. The number of rotatable bonds is 4. The van der Waals surface area contributed by atoms with Crippen molar-refractivity contribution < 1.29 is 4.42 Å². The molecule has 0 radical (unpaired) electrons. The predicted octanol–water partition coefficient (Wildman–Crippen LogP) is 4.33. The highest BCUT2D eigenvalue weighted by molar-refractivity contribution is 6.34. The van der Waals surface area contributed by atoms with Crippen LogP contribution < -0.4 is 5.32 Å². The van der Waals surface area contributed by atoms with Crippen LogP contribution in [-0.4, -0.2) is 12.1 Å². The van der Waals surface area contributed by atoms with Crippen LogP contribution in [0.4, 0.5) is 0 Å². The summed E-state index contributed by atoms with van der Waals surface area (Å²) in [6, 6.07) is 9.12. The number of furan rings is 1. The van der Waals surface area contributed by atoms with E-state index in [4.69, 9.17) is 16.0 Å². The Labute approximate surface area is 112 Å². The smallest absolute Gasteiger partial charge is 0.152 e. The van der Waals surface area contributed by atoms with E-state index < -0.39 is 0 Å². The van der Waals surface area contributed by atoms with E-state index in [1.54, 1.807) is 0 Å². The monoisotopic (exact) mass is 263 g/mol. The molecule has 2 unspecified atom stereocenters. The van der Waals surface area contributed by atoms with Crippen LogP contribution in [0.1, 0.15) is 38.4 Å². The molecule has 3 heteroatoms. The molecule has 1 N–H and O–H groups in total. The van der Waals surface area contributed by atoms with Gasteiger partial charge in [0.1, 0.15) is 5.76 Å². The van der Waals surface area contributed by atoms with Gasteiger partial charge in [-0.2, -0.15) is 0 Å². The van der Waals surface area contributed by atoms with Crippen molar-refractivity contribution in [2.45, 2.75) is 44.7 Å². The van der Waals surface area contributed by atoms with E-state index in [2.05, 4.69) is 25.2 Å². The van der Waals surface area contributed by atoms with Gasteiger partial charge in [-0.1, -0.05) is 30.7 Å². The summed E-state index contributed by atoms with van der Waals surface area (Å²) in [4.78, 5) is 0. The fourth-order valence-electron chi connectivity index (χ4n) is 2.28. The van der Waals surface area contributed by atoms with Crippen molar-refractivity contribution in [3.05, 3.63) is 35.0 Å². The first-order chi connectivity index (χ1) is 8.65. The average molecular weight is 264 g/mol. The molecule has 0 aliphatic heterocycles. The molecular weight excluding hydrogens is 246 g/mol. The third-order valence-corrected chi connectivity index (χ3v) is 4.09. The lowest BCUT2D eigenvalue weighted by atomic mass is 10.0. The number of hydrogen-bond donors (Lipinski definition) is 1. The van der Waals surface area contributed by atoms with Gasteiger partial charge in [0.15, 0.2) is 5.58 Å². The van der Waals surface area contributed by atoms with Crippen molar-refractivity contribution in [2.24, 2.45) is 0 Å². The summed E-state index contributed by atoms with van der Waals surface area (Å²) in [5.74, 6) is 1.37. The van der Waals surface area contributed by atoms with Gasteiger partial charge in [0, 0.05) is 23.4 Å². The van der Waals surface area contributed by atoms with Gasteiger partial charge in [-0.3, -0.25) is 0 Å². The summed E-state index contributed by atoms with van der Waals surface area (Å²) in [5.41, 5.74) is 0.805. The summed E-state index contributed by atoms with van der Waals surface area (Å²) in [5, 5.41) is 5.39. The van der Waals surface area contributed by atoms with Gasteiger partial charge in [-0.15, -0.1) is 0 Å². The molecule has 96 valence electrons. The fraction of sp³-hybridized carbons (Fsp3) is 0.467. The van der Waals surface area contributed by atoms with Gasteiger partial charge in [0.05, 0.1) is 5.02 Å². The topological polar surface area (TPSA) is 25.2 Å². The zero-order valence-corrected chi connectivity index (χ0v) is 11.5. The molecule has 2 atom stereocenters. The average Bonchev–Trinajstić information content (AvgIpc) is 3.04. The Morgan fingerprint density at radius 3 is 2.78 bits per heavy atom. The molecule has 1 aliphatic rings. The Morgan fingerprint density at radius 1 is 1.33 bits per heavy atom. The van der Waals surface area contributed by atoms with E-state index in [1.165, 1.54) is 12.8 Å². The van der Waals surface area contributed by atoms with Crippen LogP contribution in [0.5, 0.6) is 0 Å². The minimum Gasteiger partial charge on any atom is -0.459 e. The highest BCUT2D eigenvalue weighted by atomic mass is 35.5. The van der Waals surface area contributed by atoms with Gasteiger partial charge < -0.3 is 9.73 Å². The summed E-state index contributed by atoms with van der Waals surface area (Å²) in [7, 11) is 0. The number of para-hydroxylation sites is 1. The molecule has 1 aromatic carbocycles. The number of halogens is 1. The highest BCUT2D eigenvalue weighted by Gasteiger charge is 2.26. The normalized spacial score (nSPS) is 19.1. The van der Waals surface area contributed by atoms with Gasteiger partial charge in [0.25, 0.3) is 0 Å². The Hall–Kier alpha value is -0.990. The first kappa shape index (κ1) is 12.1. The van der Waals surface area contributed by atoms with Gasteiger partial charge >= 0.3 is 0 Å². The van der Waals surface area contributed by atoms with E-state index >= 15 is 0 Å². The molecule has 3 rings (SSSR count). The zero-order chi connectivity index (χ0) is 12.7. The summed E-state index contributed by atoms with van der Waals surface area (Å²) >= 11 is 6.14. The first-order valence-electron chi connectivity index (χ1n) is 6.59. The lowest BCUT2D eigenvalue weighted by molar-refractivity contribution is 0.414. The molecule has 2 nitrogen and oxygen atoms in total. The molecule has 1 saturated carbocycles. The number of nitrogens with one attached hydrogen (secondary N) is 1. The van der Waals surface area contributed by atoms with Crippen LogP contribution >= 0.6 is 11.6 Å². The first-order valence-corrected chi connectivity index (χ1v) is 6.97. The van der Waals surface area contributed by atoms with E-state index in [9.17, 15) is 0 Å². The van der Waals surface area contributed by atoms with Gasteiger partial charge in [0.2, 0.25) is 0 Å². The van der Waals surface area contributed by atoms with Crippen molar-refractivity contribution in [3.8, 4) is 0 Å². The fourth-order valence-corrected chi connectivity index (χ4v) is 2.50. The van der Waals surface area contributed by atoms with E-state index in [0.717, 1.165) is 22.8 Å².